The first-order valence-electron chi connectivity index (χ1n) is 7.60. The third kappa shape index (κ3) is 3.98. The molecule has 0 aliphatic carbocycles. The second-order valence-electron chi connectivity index (χ2n) is 5.60. The van der Waals surface area contributed by atoms with Crippen molar-refractivity contribution in [3.05, 3.63) is 30.0 Å². The first kappa shape index (κ1) is 21.9. The van der Waals surface area contributed by atoms with Gasteiger partial charge in [-0.05, 0) is 30.7 Å². The van der Waals surface area contributed by atoms with Crippen LogP contribution in [-0.2, 0) is 0 Å². The van der Waals surface area contributed by atoms with Crippen LogP contribution in [0.25, 0.3) is 0 Å². The highest BCUT2D eigenvalue weighted by molar-refractivity contribution is 5.85. The molecule has 26 heavy (non-hydrogen) atoms. The third-order valence-electron chi connectivity index (χ3n) is 4.14. The van der Waals surface area contributed by atoms with Crippen molar-refractivity contribution in [1.82, 2.24) is 9.97 Å². The van der Waals surface area contributed by atoms with Gasteiger partial charge in [-0.3, -0.25) is 0 Å². The van der Waals surface area contributed by atoms with Crippen molar-refractivity contribution in [1.29, 1.82) is 0 Å². The first-order chi connectivity index (χ1) is 11.5. The van der Waals surface area contributed by atoms with Crippen molar-refractivity contribution in [3.63, 3.8) is 0 Å². The Balaban J connectivity index is 0.00000169. The van der Waals surface area contributed by atoms with Gasteiger partial charge in [0.2, 0.25) is 11.8 Å². The van der Waals surface area contributed by atoms with Crippen LogP contribution < -0.4 is 25.8 Å². The molecular weight excluding hydrogens is 381 g/mol. The van der Waals surface area contributed by atoms with Gasteiger partial charge >= 0.3 is 0 Å². The van der Waals surface area contributed by atoms with E-state index >= 15 is 0 Å². The fraction of sp³-hybridized carbons (Fsp3) is 0.375. The Labute approximate surface area is 164 Å². The highest BCUT2D eigenvalue weighted by Gasteiger charge is 2.36. The summed E-state index contributed by atoms with van der Waals surface area (Å²) in [6, 6.07) is 6.71. The van der Waals surface area contributed by atoms with Gasteiger partial charge in [0, 0.05) is 6.54 Å². The molecule has 0 amide bonds. The molecule has 8 nitrogen and oxygen atoms in total. The normalized spacial score (nSPS) is 18.7. The van der Waals surface area contributed by atoms with E-state index in [9.17, 15) is 5.11 Å². The number of aliphatic hydroxyl groups excluding tert-OH is 1. The summed E-state index contributed by atoms with van der Waals surface area (Å²) < 4.78 is 10.4. The van der Waals surface area contributed by atoms with Gasteiger partial charge < -0.3 is 30.9 Å². The minimum Gasteiger partial charge on any atom is -0.480 e. The quantitative estimate of drug-likeness (QED) is 0.706. The van der Waals surface area contributed by atoms with Gasteiger partial charge in [0.25, 0.3) is 0 Å². The van der Waals surface area contributed by atoms with Crippen LogP contribution in [0.15, 0.2) is 24.3 Å². The van der Waals surface area contributed by atoms with Crippen LogP contribution >= 0.6 is 24.8 Å². The van der Waals surface area contributed by atoms with Gasteiger partial charge in [-0.1, -0.05) is 0 Å². The number of nitrogen functional groups attached to an aromatic ring is 2. The molecule has 1 aliphatic heterocycles. The van der Waals surface area contributed by atoms with Gasteiger partial charge in [-0.25, -0.2) is 4.98 Å². The largest absolute Gasteiger partial charge is 0.480 e. The number of hydrogen-bond acceptors (Lipinski definition) is 8. The van der Waals surface area contributed by atoms with Gasteiger partial charge in [0.1, 0.15) is 5.82 Å². The molecule has 0 bridgehead atoms. The molecular formula is C16H23Cl2N5O3. The van der Waals surface area contributed by atoms with Crippen LogP contribution in [0.3, 0.4) is 0 Å². The van der Waals surface area contributed by atoms with E-state index in [1.54, 1.807) is 24.3 Å². The highest BCUT2D eigenvalue weighted by Crippen LogP contribution is 2.37. The number of halogens is 2. The third-order valence-corrected chi connectivity index (χ3v) is 4.14. The number of nitrogens with two attached hydrogens (primary N) is 2. The van der Waals surface area contributed by atoms with Crippen molar-refractivity contribution in [2.75, 3.05) is 37.1 Å². The summed E-state index contributed by atoms with van der Waals surface area (Å²) in [6.07, 6.45) is 0.0316. The molecule has 144 valence electrons. The number of anilines is 3. The lowest BCUT2D eigenvalue weighted by Crippen LogP contribution is -2.29. The monoisotopic (exact) mass is 403 g/mol. The SMILES string of the molecule is COc1nc(C2C(O)CCN2c2ccc(N)c(OC)n2)ccc1N.Cl.Cl. The lowest BCUT2D eigenvalue weighted by Gasteiger charge is -2.27. The first-order valence-corrected chi connectivity index (χ1v) is 7.60. The lowest BCUT2D eigenvalue weighted by atomic mass is 10.1. The molecule has 2 aromatic rings. The number of aliphatic hydroxyl groups is 1. The van der Waals surface area contributed by atoms with Crippen LogP contribution in [0.5, 0.6) is 11.8 Å². The van der Waals surface area contributed by atoms with Gasteiger partial charge in [-0.2, -0.15) is 4.98 Å². The maximum Gasteiger partial charge on any atom is 0.238 e. The van der Waals surface area contributed by atoms with Crippen molar-refractivity contribution in [3.8, 4) is 11.8 Å². The zero-order valence-corrected chi connectivity index (χ0v) is 16.1. The second kappa shape index (κ2) is 8.98. The smallest absolute Gasteiger partial charge is 0.238 e. The maximum atomic E-state index is 10.5. The summed E-state index contributed by atoms with van der Waals surface area (Å²) in [5, 5.41) is 10.5. The topological polar surface area (TPSA) is 120 Å². The molecule has 0 radical (unpaired) electrons. The number of hydrogen-bond donors (Lipinski definition) is 3. The lowest BCUT2D eigenvalue weighted by molar-refractivity contribution is 0.163. The molecule has 1 aliphatic rings. The molecule has 3 rings (SSSR count). The van der Waals surface area contributed by atoms with Crippen LogP contribution in [0.2, 0.25) is 0 Å². The van der Waals surface area contributed by atoms with Gasteiger partial charge in [-0.15, -0.1) is 24.8 Å². The summed E-state index contributed by atoms with van der Waals surface area (Å²) in [6.45, 7) is 0.639. The molecule has 1 saturated heterocycles. The summed E-state index contributed by atoms with van der Waals surface area (Å²) in [7, 11) is 3.03. The van der Waals surface area contributed by atoms with Crippen molar-refractivity contribution >= 4 is 42.0 Å². The Kier molecular flexibility index (Phi) is 7.55. The molecule has 3 heterocycles. The minimum absolute atomic E-state index is 0. The van der Waals surface area contributed by atoms with E-state index < -0.39 is 6.10 Å². The van der Waals surface area contributed by atoms with E-state index in [-0.39, 0.29) is 30.9 Å². The summed E-state index contributed by atoms with van der Waals surface area (Å²) in [5.74, 6) is 1.37. The number of aromatic nitrogens is 2. The Morgan fingerprint density at radius 1 is 1.00 bits per heavy atom. The molecule has 10 heteroatoms. The molecule has 0 spiro atoms. The molecule has 0 saturated carbocycles. The number of rotatable bonds is 4. The molecule has 1 fully saturated rings. The van der Waals surface area contributed by atoms with Gasteiger partial charge in [0.05, 0.1) is 43.4 Å². The summed E-state index contributed by atoms with van der Waals surface area (Å²) in [5.41, 5.74) is 13.2. The molecule has 0 aromatic carbocycles. The number of nitrogens with zero attached hydrogens (tertiary/aromatic N) is 3. The second-order valence-corrected chi connectivity index (χ2v) is 5.60. The van der Waals surface area contributed by atoms with Crippen LogP contribution in [0.4, 0.5) is 17.2 Å². The van der Waals surface area contributed by atoms with Crippen molar-refractivity contribution < 1.29 is 14.6 Å². The maximum absolute atomic E-state index is 10.5. The Bertz CT molecular complexity index is 750. The fourth-order valence-electron chi connectivity index (χ4n) is 2.95. The average Bonchev–Trinajstić information content (AvgIpc) is 2.97. The fourth-order valence-corrected chi connectivity index (χ4v) is 2.95. The molecule has 2 unspecified atom stereocenters. The summed E-state index contributed by atoms with van der Waals surface area (Å²) in [4.78, 5) is 10.8. The minimum atomic E-state index is -0.573. The van der Waals surface area contributed by atoms with E-state index in [0.717, 1.165) is 0 Å². The van der Waals surface area contributed by atoms with E-state index in [2.05, 4.69) is 9.97 Å². The van der Waals surface area contributed by atoms with Crippen LogP contribution in [0.1, 0.15) is 18.2 Å². The zero-order valence-electron chi connectivity index (χ0n) is 14.5. The Morgan fingerprint density at radius 3 is 2.19 bits per heavy atom. The average molecular weight is 404 g/mol. The predicted molar refractivity (Wildman–Crippen MR) is 106 cm³/mol. The number of methoxy groups -OCH3 is 2. The van der Waals surface area contributed by atoms with Crippen molar-refractivity contribution in [2.45, 2.75) is 18.6 Å². The summed E-state index contributed by atoms with van der Waals surface area (Å²) >= 11 is 0. The zero-order chi connectivity index (χ0) is 17.3. The van der Waals surface area contributed by atoms with E-state index in [4.69, 9.17) is 20.9 Å². The van der Waals surface area contributed by atoms with Crippen LogP contribution in [-0.4, -0.2) is 41.9 Å². The van der Waals surface area contributed by atoms with E-state index in [0.29, 0.717) is 47.6 Å². The Morgan fingerprint density at radius 2 is 1.58 bits per heavy atom. The molecule has 5 N–H and O–H groups in total. The predicted octanol–water partition coefficient (Wildman–Crippen LogP) is 1.81. The van der Waals surface area contributed by atoms with E-state index in [1.807, 2.05) is 4.90 Å². The number of pyridine rings is 2. The molecule has 2 atom stereocenters. The number of ether oxygens (including phenoxy) is 2. The van der Waals surface area contributed by atoms with Gasteiger partial charge in [0.15, 0.2) is 0 Å². The van der Waals surface area contributed by atoms with Crippen molar-refractivity contribution in [2.24, 2.45) is 0 Å². The highest BCUT2D eigenvalue weighted by atomic mass is 35.5. The van der Waals surface area contributed by atoms with E-state index in [1.165, 1.54) is 14.2 Å². The molecule has 2 aromatic heterocycles. The van der Waals surface area contributed by atoms with Crippen LogP contribution in [0, 0.1) is 0 Å². The standard InChI is InChI=1S/C16H21N5O3.2ClH/c1-23-15-9(17)3-5-11(19-15)14-12(22)7-8-21(14)13-6-4-10(18)16(20-13)24-2;;/h3-6,12,14,22H,7-8,17-18H2,1-2H3;2*1H. The Hall–Kier alpha value is -2.16.